The lowest BCUT2D eigenvalue weighted by molar-refractivity contribution is 0.586. The maximum absolute atomic E-state index is 4.74. The van der Waals surface area contributed by atoms with E-state index in [-0.39, 0.29) is 0 Å². The van der Waals surface area contributed by atoms with Crippen LogP contribution in [0.15, 0.2) is 24.3 Å². The second kappa shape index (κ2) is 5.82. The fourth-order valence-electron chi connectivity index (χ4n) is 2.89. The van der Waals surface area contributed by atoms with Crippen molar-refractivity contribution >= 4 is 5.69 Å². The van der Waals surface area contributed by atoms with Crippen LogP contribution in [0.4, 0.5) is 5.69 Å². The van der Waals surface area contributed by atoms with E-state index in [9.17, 15) is 0 Å². The molecule has 1 fully saturated rings. The van der Waals surface area contributed by atoms with Crippen molar-refractivity contribution in [3.8, 4) is 11.4 Å². The molecule has 2 aromatic rings. The summed E-state index contributed by atoms with van der Waals surface area (Å²) in [4.78, 5) is 11.9. The Balaban J connectivity index is 1.97. The third-order valence-corrected chi connectivity index (χ3v) is 3.98. The first kappa shape index (κ1) is 14.0. The number of nitrogens with one attached hydrogen (secondary N) is 1. The summed E-state index contributed by atoms with van der Waals surface area (Å²) in [5, 5.41) is 3.38. The highest BCUT2D eigenvalue weighted by molar-refractivity contribution is 5.61. The Morgan fingerprint density at radius 1 is 0.905 bits per heavy atom. The van der Waals surface area contributed by atoms with Gasteiger partial charge in [0.1, 0.15) is 0 Å². The molecule has 21 heavy (non-hydrogen) atoms. The third kappa shape index (κ3) is 2.90. The zero-order chi connectivity index (χ0) is 14.8. The van der Waals surface area contributed by atoms with Crippen molar-refractivity contribution in [3.63, 3.8) is 0 Å². The van der Waals surface area contributed by atoms with Crippen molar-refractivity contribution in [1.29, 1.82) is 0 Å². The lowest BCUT2D eigenvalue weighted by atomic mass is 10.1. The third-order valence-electron chi connectivity index (χ3n) is 3.98. The molecule has 1 N–H and O–H groups in total. The molecular weight excluding hydrogens is 260 g/mol. The molecule has 3 rings (SSSR count). The number of piperazine rings is 1. The van der Waals surface area contributed by atoms with Crippen LogP contribution in [0.25, 0.3) is 11.4 Å². The van der Waals surface area contributed by atoms with Crippen molar-refractivity contribution in [3.05, 3.63) is 41.2 Å². The molecule has 0 spiro atoms. The van der Waals surface area contributed by atoms with E-state index in [0.29, 0.717) is 0 Å². The zero-order valence-electron chi connectivity index (χ0n) is 13.0. The maximum Gasteiger partial charge on any atom is 0.159 e. The van der Waals surface area contributed by atoms with E-state index in [0.717, 1.165) is 49.0 Å². The van der Waals surface area contributed by atoms with Crippen LogP contribution in [0.5, 0.6) is 0 Å². The normalized spacial score (nSPS) is 15.3. The van der Waals surface area contributed by atoms with Crippen LogP contribution >= 0.6 is 0 Å². The van der Waals surface area contributed by atoms with Gasteiger partial charge in [0.05, 0.1) is 17.1 Å². The molecule has 2 heterocycles. The van der Waals surface area contributed by atoms with Crippen LogP contribution in [0.2, 0.25) is 0 Å². The van der Waals surface area contributed by atoms with Crippen LogP contribution < -0.4 is 10.2 Å². The van der Waals surface area contributed by atoms with Gasteiger partial charge in [-0.05, 0) is 20.8 Å². The number of anilines is 1. The summed E-state index contributed by atoms with van der Waals surface area (Å²) >= 11 is 0. The van der Waals surface area contributed by atoms with Gasteiger partial charge >= 0.3 is 0 Å². The second-order valence-corrected chi connectivity index (χ2v) is 5.67. The first-order valence-corrected chi connectivity index (χ1v) is 7.53. The minimum Gasteiger partial charge on any atom is -0.366 e. The second-order valence-electron chi connectivity index (χ2n) is 5.67. The number of hydrogen-bond donors (Lipinski definition) is 1. The van der Waals surface area contributed by atoms with Crippen LogP contribution in [-0.2, 0) is 0 Å². The Labute approximate surface area is 126 Å². The number of hydrogen-bond acceptors (Lipinski definition) is 4. The fourth-order valence-corrected chi connectivity index (χ4v) is 2.89. The van der Waals surface area contributed by atoms with E-state index in [1.54, 1.807) is 0 Å². The van der Waals surface area contributed by atoms with E-state index in [1.165, 1.54) is 11.3 Å². The van der Waals surface area contributed by atoms with Gasteiger partial charge in [-0.1, -0.05) is 29.8 Å². The first-order chi connectivity index (χ1) is 10.1. The summed E-state index contributed by atoms with van der Waals surface area (Å²) in [6.07, 6.45) is 0. The molecule has 0 unspecified atom stereocenters. The quantitative estimate of drug-likeness (QED) is 0.919. The van der Waals surface area contributed by atoms with Crippen molar-refractivity contribution in [1.82, 2.24) is 15.3 Å². The van der Waals surface area contributed by atoms with E-state index >= 15 is 0 Å². The topological polar surface area (TPSA) is 41.1 Å². The summed E-state index contributed by atoms with van der Waals surface area (Å²) in [5.41, 5.74) is 5.68. The number of benzene rings is 1. The van der Waals surface area contributed by atoms with Gasteiger partial charge in [0.2, 0.25) is 0 Å². The Morgan fingerprint density at radius 2 is 1.48 bits per heavy atom. The Bertz CT molecular complexity index is 605. The number of nitrogens with zero attached hydrogens (tertiary/aromatic N) is 3. The molecule has 0 atom stereocenters. The average Bonchev–Trinajstić information content (AvgIpc) is 2.48. The monoisotopic (exact) mass is 282 g/mol. The van der Waals surface area contributed by atoms with Crippen LogP contribution in [0.3, 0.4) is 0 Å². The van der Waals surface area contributed by atoms with Gasteiger partial charge in [-0.3, -0.25) is 0 Å². The number of rotatable bonds is 2. The van der Waals surface area contributed by atoms with Crippen LogP contribution in [-0.4, -0.2) is 36.1 Å². The molecule has 0 radical (unpaired) electrons. The van der Waals surface area contributed by atoms with Gasteiger partial charge in [0.25, 0.3) is 0 Å². The van der Waals surface area contributed by atoms with Gasteiger partial charge in [-0.25, -0.2) is 9.97 Å². The van der Waals surface area contributed by atoms with E-state index < -0.39 is 0 Å². The average molecular weight is 282 g/mol. The van der Waals surface area contributed by atoms with Crippen molar-refractivity contribution < 1.29 is 0 Å². The predicted octanol–water partition coefficient (Wildman–Crippen LogP) is 2.48. The zero-order valence-corrected chi connectivity index (χ0v) is 13.0. The minimum absolute atomic E-state index is 0.823. The lowest BCUT2D eigenvalue weighted by Gasteiger charge is -2.31. The van der Waals surface area contributed by atoms with Gasteiger partial charge in [0.15, 0.2) is 5.82 Å². The van der Waals surface area contributed by atoms with E-state index in [1.807, 2.05) is 0 Å². The van der Waals surface area contributed by atoms with Gasteiger partial charge in [-0.2, -0.15) is 0 Å². The highest BCUT2D eigenvalue weighted by atomic mass is 15.2. The van der Waals surface area contributed by atoms with Gasteiger partial charge < -0.3 is 10.2 Å². The first-order valence-electron chi connectivity index (χ1n) is 7.53. The minimum atomic E-state index is 0.823. The van der Waals surface area contributed by atoms with Gasteiger partial charge in [-0.15, -0.1) is 0 Å². The highest BCUT2D eigenvalue weighted by Crippen LogP contribution is 2.26. The summed E-state index contributed by atoms with van der Waals surface area (Å²) in [6, 6.07) is 8.39. The smallest absolute Gasteiger partial charge is 0.159 e. The number of aryl methyl sites for hydroxylation is 3. The molecule has 4 heteroatoms. The van der Waals surface area contributed by atoms with Crippen LogP contribution in [0, 0.1) is 20.8 Å². The Hall–Kier alpha value is -1.94. The molecule has 0 aliphatic carbocycles. The Morgan fingerprint density at radius 3 is 2.05 bits per heavy atom. The summed E-state index contributed by atoms with van der Waals surface area (Å²) in [5.74, 6) is 0.823. The fraction of sp³-hybridized carbons (Fsp3) is 0.412. The van der Waals surface area contributed by atoms with Crippen molar-refractivity contribution in [2.75, 3.05) is 31.1 Å². The molecule has 1 aliphatic heterocycles. The summed E-state index contributed by atoms with van der Waals surface area (Å²) in [6.45, 7) is 10.4. The molecule has 1 aromatic carbocycles. The highest BCUT2D eigenvalue weighted by Gasteiger charge is 2.17. The lowest BCUT2D eigenvalue weighted by Crippen LogP contribution is -2.44. The number of aromatic nitrogens is 2. The molecular formula is C17H22N4. The van der Waals surface area contributed by atoms with E-state index in [4.69, 9.17) is 9.97 Å². The van der Waals surface area contributed by atoms with E-state index in [2.05, 4.69) is 55.3 Å². The largest absolute Gasteiger partial charge is 0.366 e. The molecule has 1 saturated heterocycles. The standard InChI is InChI=1S/C17H22N4/c1-12-4-6-15(7-5-12)17-19-13(2)16(14(3)20-17)21-10-8-18-9-11-21/h4-7,18H,8-11H2,1-3H3. The van der Waals surface area contributed by atoms with Crippen molar-refractivity contribution in [2.24, 2.45) is 0 Å². The molecule has 1 aromatic heterocycles. The molecule has 4 nitrogen and oxygen atoms in total. The molecule has 0 bridgehead atoms. The van der Waals surface area contributed by atoms with Gasteiger partial charge in [0, 0.05) is 31.7 Å². The maximum atomic E-state index is 4.74. The molecule has 0 amide bonds. The van der Waals surface area contributed by atoms with Crippen molar-refractivity contribution in [2.45, 2.75) is 20.8 Å². The molecule has 0 saturated carbocycles. The molecule has 1 aliphatic rings. The predicted molar refractivity (Wildman–Crippen MR) is 86.8 cm³/mol. The van der Waals surface area contributed by atoms with Crippen LogP contribution in [0.1, 0.15) is 17.0 Å². The summed E-state index contributed by atoms with van der Waals surface area (Å²) < 4.78 is 0. The summed E-state index contributed by atoms with van der Waals surface area (Å²) in [7, 11) is 0. The Kier molecular flexibility index (Phi) is 3.88. The SMILES string of the molecule is Cc1ccc(-c2nc(C)c(N3CCNCC3)c(C)n2)cc1. The molecule has 110 valence electrons.